The summed E-state index contributed by atoms with van der Waals surface area (Å²) in [5.74, 6) is -0.0625. The van der Waals surface area contributed by atoms with E-state index in [1.54, 1.807) is 35.3 Å². The number of carboxylic acids is 1. The van der Waals surface area contributed by atoms with E-state index < -0.39 is 5.97 Å². The number of carboxylic acid groups (broad SMARTS) is 1. The molecule has 28 heavy (non-hydrogen) atoms. The van der Waals surface area contributed by atoms with E-state index in [1.807, 2.05) is 6.20 Å². The SMILES string of the molecule is N#CC(Cn1cc(-c2ccnc(Nc3ccc(C(=O)O)cc3)n2)cn1)C1CC1. The minimum absolute atomic E-state index is 0.00384. The highest BCUT2D eigenvalue weighted by Crippen LogP contribution is 2.37. The lowest BCUT2D eigenvalue weighted by molar-refractivity contribution is 0.0697. The molecule has 1 aliphatic rings. The van der Waals surface area contributed by atoms with E-state index in [2.05, 4.69) is 26.5 Å². The number of aromatic carboxylic acids is 1. The molecule has 2 aromatic heterocycles. The van der Waals surface area contributed by atoms with Crippen LogP contribution in [-0.4, -0.2) is 30.8 Å². The highest BCUT2D eigenvalue weighted by Gasteiger charge is 2.31. The predicted molar refractivity (Wildman–Crippen MR) is 102 cm³/mol. The number of nitriles is 1. The molecule has 0 radical (unpaired) electrons. The predicted octanol–water partition coefficient (Wildman–Crippen LogP) is 3.33. The summed E-state index contributed by atoms with van der Waals surface area (Å²) in [6.45, 7) is 0.591. The average Bonchev–Trinajstić information content (AvgIpc) is 3.44. The Morgan fingerprint density at radius 2 is 2.11 bits per heavy atom. The summed E-state index contributed by atoms with van der Waals surface area (Å²) >= 11 is 0. The zero-order valence-electron chi connectivity index (χ0n) is 15.0. The molecule has 2 N–H and O–H groups in total. The monoisotopic (exact) mass is 374 g/mol. The fourth-order valence-corrected chi connectivity index (χ4v) is 3.00. The van der Waals surface area contributed by atoms with Crippen LogP contribution in [0.2, 0.25) is 0 Å². The third-order valence-electron chi connectivity index (χ3n) is 4.71. The van der Waals surface area contributed by atoms with Gasteiger partial charge in [0.25, 0.3) is 0 Å². The summed E-state index contributed by atoms with van der Waals surface area (Å²) in [6, 6.07) is 10.5. The first-order valence-corrected chi connectivity index (χ1v) is 8.98. The first kappa shape index (κ1) is 17.7. The number of anilines is 2. The largest absolute Gasteiger partial charge is 0.478 e. The summed E-state index contributed by atoms with van der Waals surface area (Å²) in [5, 5.41) is 25.7. The van der Waals surface area contributed by atoms with Crippen LogP contribution in [0.3, 0.4) is 0 Å². The van der Waals surface area contributed by atoms with Crippen molar-refractivity contribution in [2.24, 2.45) is 11.8 Å². The number of aromatic nitrogens is 4. The number of hydrogen-bond donors (Lipinski definition) is 2. The molecular formula is C20H18N6O2. The Hall–Kier alpha value is -3.73. The fraction of sp³-hybridized carbons (Fsp3) is 0.250. The maximum absolute atomic E-state index is 10.9. The Morgan fingerprint density at radius 3 is 2.79 bits per heavy atom. The number of hydrogen-bond acceptors (Lipinski definition) is 6. The Bertz CT molecular complexity index is 1030. The van der Waals surface area contributed by atoms with Crippen molar-refractivity contribution in [3.8, 4) is 17.3 Å². The molecule has 0 amide bonds. The number of nitrogens with one attached hydrogen (secondary N) is 1. The van der Waals surface area contributed by atoms with E-state index >= 15 is 0 Å². The molecule has 0 aliphatic heterocycles. The van der Waals surface area contributed by atoms with Crippen LogP contribution in [0.5, 0.6) is 0 Å². The third-order valence-corrected chi connectivity index (χ3v) is 4.71. The zero-order chi connectivity index (χ0) is 19.5. The van der Waals surface area contributed by atoms with Gasteiger partial charge in [0.15, 0.2) is 0 Å². The molecule has 4 rings (SSSR count). The highest BCUT2D eigenvalue weighted by atomic mass is 16.4. The van der Waals surface area contributed by atoms with Crippen LogP contribution in [-0.2, 0) is 6.54 Å². The van der Waals surface area contributed by atoms with Gasteiger partial charge in [0.1, 0.15) is 0 Å². The second kappa shape index (κ2) is 7.48. The zero-order valence-corrected chi connectivity index (χ0v) is 15.0. The van der Waals surface area contributed by atoms with Gasteiger partial charge in [-0.15, -0.1) is 0 Å². The van der Waals surface area contributed by atoms with Crippen molar-refractivity contribution in [3.05, 3.63) is 54.5 Å². The Morgan fingerprint density at radius 1 is 1.32 bits per heavy atom. The van der Waals surface area contributed by atoms with Crippen LogP contribution in [0.4, 0.5) is 11.6 Å². The van der Waals surface area contributed by atoms with Crippen molar-refractivity contribution >= 4 is 17.6 Å². The van der Waals surface area contributed by atoms with Crippen LogP contribution in [0.25, 0.3) is 11.3 Å². The Balaban J connectivity index is 1.47. The maximum atomic E-state index is 10.9. The lowest BCUT2D eigenvalue weighted by atomic mass is 10.1. The van der Waals surface area contributed by atoms with Crippen molar-refractivity contribution in [3.63, 3.8) is 0 Å². The van der Waals surface area contributed by atoms with Crippen LogP contribution >= 0.6 is 0 Å². The Labute approximate surface area is 161 Å². The number of rotatable bonds is 7. The number of nitrogens with zero attached hydrogens (tertiary/aromatic N) is 5. The van der Waals surface area contributed by atoms with Crippen LogP contribution < -0.4 is 5.32 Å². The van der Waals surface area contributed by atoms with Crippen LogP contribution in [0.15, 0.2) is 48.9 Å². The Kier molecular flexibility index (Phi) is 4.72. The summed E-state index contributed by atoms with van der Waals surface area (Å²) in [6.07, 6.45) is 7.52. The molecular weight excluding hydrogens is 356 g/mol. The van der Waals surface area contributed by atoms with Crippen molar-refractivity contribution in [1.82, 2.24) is 19.7 Å². The van der Waals surface area contributed by atoms with Crippen LogP contribution in [0, 0.1) is 23.2 Å². The second-order valence-corrected chi connectivity index (χ2v) is 6.80. The summed E-state index contributed by atoms with van der Waals surface area (Å²) in [5.41, 5.74) is 2.47. The molecule has 2 heterocycles. The lowest BCUT2D eigenvalue weighted by Crippen LogP contribution is -2.11. The number of benzene rings is 1. The first-order valence-electron chi connectivity index (χ1n) is 8.98. The van der Waals surface area contributed by atoms with Gasteiger partial charge in [-0.05, 0) is 49.1 Å². The quantitative estimate of drug-likeness (QED) is 0.651. The molecule has 3 aromatic rings. The first-order chi connectivity index (χ1) is 13.6. The van der Waals surface area contributed by atoms with Gasteiger partial charge in [0.2, 0.25) is 5.95 Å². The minimum atomic E-state index is -0.970. The average molecular weight is 374 g/mol. The molecule has 8 nitrogen and oxygen atoms in total. The normalized spacial score (nSPS) is 14.2. The van der Waals surface area contributed by atoms with E-state index in [4.69, 9.17) is 5.11 Å². The molecule has 1 aromatic carbocycles. The van der Waals surface area contributed by atoms with Gasteiger partial charge >= 0.3 is 5.97 Å². The maximum Gasteiger partial charge on any atom is 0.335 e. The fourth-order valence-electron chi connectivity index (χ4n) is 3.00. The highest BCUT2D eigenvalue weighted by molar-refractivity contribution is 5.88. The topological polar surface area (TPSA) is 117 Å². The van der Waals surface area contributed by atoms with Gasteiger partial charge in [-0.2, -0.15) is 10.4 Å². The molecule has 0 spiro atoms. The van der Waals surface area contributed by atoms with Crippen molar-refractivity contribution in [2.75, 3.05) is 5.32 Å². The summed E-state index contributed by atoms with van der Waals surface area (Å²) in [7, 11) is 0. The summed E-state index contributed by atoms with van der Waals surface area (Å²) < 4.78 is 1.79. The lowest BCUT2D eigenvalue weighted by Gasteiger charge is -2.07. The molecule has 1 fully saturated rings. The van der Waals surface area contributed by atoms with E-state index in [1.165, 1.54) is 12.1 Å². The minimum Gasteiger partial charge on any atom is -0.478 e. The molecule has 0 bridgehead atoms. The number of carbonyl (C=O) groups is 1. The van der Waals surface area contributed by atoms with Gasteiger partial charge in [-0.25, -0.2) is 14.8 Å². The van der Waals surface area contributed by atoms with E-state index in [-0.39, 0.29) is 11.5 Å². The standard InChI is InChI=1S/C20H18N6O2/c21-9-15(13-1-2-13)11-26-12-16(10-23-26)18-7-8-22-20(25-18)24-17-5-3-14(4-6-17)19(27)28/h3-8,10,12-13,15H,1-2,11H2,(H,27,28)(H,22,24,25). The summed E-state index contributed by atoms with van der Waals surface area (Å²) in [4.78, 5) is 19.6. The van der Waals surface area contributed by atoms with Gasteiger partial charge in [0.05, 0.1) is 36.0 Å². The van der Waals surface area contributed by atoms with Gasteiger partial charge in [0, 0.05) is 23.6 Å². The van der Waals surface area contributed by atoms with Crippen LogP contribution in [0.1, 0.15) is 23.2 Å². The van der Waals surface area contributed by atoms with Crippen molar-refractivity contribution in [2.45, 2.75) is 19.4 Å². The second-order valence-electron chi connectivity index (χ2n) is 6.80. The molecule has 8 heteroatoms. The molecule has 0 saturated heterocycles. The molecule has 1 aliphatic carbocycles. The van der Waals surface area contributed by atoms with Gasteiger partial charge in [-0.1, -0.05) is 0 Å². The van der Waals surface area contributed by atoms with Gasteiger partial charge in [-0.3, -0.25) is 4.68 Å². The van der Waals surface area contributed by atoms with Crippen molar-refractivity contribution in [1.29, 1.82) is 5.26 Å². The molecule has 140 valence electrons. The van der Waals surface area contributed by atoms with E-state index in [9.17, 15) is 10.1 Å². The molecule has 1 atom stereocenters. The van der Waals surface area contributed by atoms with Crippen molar-refractivity contribution < 1.29 is 9.90 Å². The van der Waals surface area contributed by atoms with E-state index in [0.717, 1.165) is 18.4 Å². The van der Waals surface area contributed by atoms with E-state index in [0.29, 0.717) is 29.8 Å². The van der Waals surface area contributed by atoms with Gasteiger partial charge < -0.3 is 10.4 Å². The smallest absolute Gasteiger partial charge is 0.335 e. The molecule has 1 saturated carbocycles. The molecule has 1 unspecified atom stereocenters. The third kappa shape index (κ3) is 3.99.